The van der Waals surface area contributed by atoms with Gasteiger partial charge in [0, 0.05) is 12.7 Å². The Morgan fingerprint density at radius 2 is 2.22 bits per heavy atom. The number of hydrogen-bond donors (Lipinski definition) is 1. The van der Waals surface area contributed by atoms with Gasteiger partial charge in [-0.3, -0.25) is 4.68 Å². The molecule has 2 N–H and O–H groups in total. The van der Waals surface area contributed by atoms with Gasteiger partial charge >= 0.3 is 0 Å². The van der Waals surface area contributed by atoms with Crippen molar-refractivity contribution in [1.82, 2.24) is 9.78 Å². The molecule has 18 heavy (non-hydrogen) atoms. The van der Waals surface area contributed by atoms with Gasteiger partial charge in [-0.05, 0) is 25.1 Å². The molecular weight excluding hydrogens is 233 g/mol. The smallest absolute Gasteiger partial charge is 0.132 e. The van der Waals surface area contributed by atoms with Crippen LogP contribution in [0.2, 0.25) is 0 Å². The van der Waals surface area contributed by atoms with Crippen molar-refractivity contribution in [3.05, 3.63) is 47.5 Å². The summed E-state index contributed by atoms with van der Waals surface area (Å²) in [5, 5.41) is 4.14. The zero-order valence-electron chi connectivity index (χ0n) is 10.4. The highest BCUT2D eigenvalue weighted by Crippen LogP contribution is 2.30. The highest BCUT2D eigenvalue weighted by atomic mass is 19.1. The second-order valence-corrected chi connectivity index (χ2v) is 3.91. The minimum absolute atomic E-state index is 0.357. The van der Waals surface area contributed by atoms with Gasteiger partial charge in [-0.1, -0.05) is 6.07 Å². The van der Waals surface area contributed by atoms with Gasteiger partial charge in [0.15, 0.2) is 0 Å². The first-order chi connectivity index (χ1) is 8.69. The molecule has 0 spiro atoms. The van der Waals surface area contributed by atoms with Crippen molar-refractivity contribution in [2.45, 2.75) is 19.5 Å². The summed E-state index contributed by atoms with van der Waals surface area (Å²) in [5.74, 6) is 0.0806. The van der Waals surface area contributed by atoms with Crippen LogP contribution in [0.4, 0.5) is 4.39 Å². The standard InChI is InChI=1S/C13H16FN3O/c1-3-17-10(7-8-16-17)13(15)12-9(14)5-4-6-11(12)18-2/h4-8,13H,3,15H2,1-2H3. The van der Waals surface area contributed by atoms with Crippen LogP contribution in [0.1, 0.15) is 24.2 Å². The summed E-state index contributed by atoms with van der Waals surface area (Å²) in [6.07, 6.45) is 1.66. The number of nitrogens with two attached hydrogens (primary N) is 1. The molecule has 0 aliphatic carbocycles. The molecule has 0 saturated heterocycles. The quantitative estimate of drug-likeness (QED) is 0.902. The predicted molar refractivity (Wildman–Crippen MR) is 66.9 cm³/mol. The fourth-order valence-corrected chi connectivity index (χ4v) is 2.02. The number of aryl methyl sites for hydroxylation is 1. The van der Waals surface area contributed by atoms with Gasteiger partial charge in [0.05, 0.1) is 24.4 Å². The minimum Gasteiger partial charge on any atom is -0.496 e. The molecule has 0 saturated carbocycles. The number of ether oxygens (including phenoxy) is 1. The molecule has 4 nitrogen and oxygen atoms in total. The van der Waals surface area contributed by atoms with E-state index >= 15 is 0 Å². The number of rotatable bonds is 4. The van der Waals surface area contributed by atoms with Crippen molar-refractivity contribution < 1.29 is 9.13 Å². The lowest BCUT2D eigenvalue weighted by Gasteiger charge is -2.17. The summed E-state index contributed by atoms with van der Waals surface area (Å²) >= 11 is 0. The summed E-state index contributed by atoms with van der Waals surface area (Å²) in [6.45, 7) is 2.65. The Labute approximate surface area is 105 Å². The zero-order chi connectivity index (χ0) is 13.1. The van der Waals surface area contributed by atoms with Crippen molar-refractivity contribution in [2.24, 2.45) is 5.73 Å². The minimum atomic E-state index is -0.594. The molecular formula is C13H16FN3O. The fourth-order valence-electron chi connectivity index (χ4n) is 2.02. The number of halogens is 1. The van der Waals surface area contributed by atoms with E-state index in [1.807, 2.05) is 6.92 Å². The lowest BCUT2D eigenvalue weighted by Crippen LogP contribution is -2.19. The molecule has 2 rings (SSSR count). The van der Waals surface area contributed by atoms with E-state index in [4.69, 9.17) is 10.5 Å². The zero-order valence-corrected chi connectivity index (χ0v) is 10.4. The van der Waals surface area contributed by atoms with Crippen LogP contribution < -0.4 is 10.5 Å². The van der Waals surface area contributed by atoms with Gasteiger partial charge in [-0.15, -0.1) is 0 Å². The maximum Gasteiger partial charge on any atom is 0.132 e. The predicted octanol–water partition coefficient (Wildman–Crippen LogP) is 2.10. The average molecular weight is 249 g/mol. The third-order valence-corrected chi connectivity index (χ3v) is 2.91. The Kier molecular flexibility index (Phi) is 3.62. The molecule has 0 bridgehead atoms. The van der Waals surface area contributed by atoms with Crippen molar-refractivity contribution >= 4 is 0 Å². The molecule has 1 atom stereocenters. The monoisotopic (exact) mass is 249 g/mol. The maximum atomic E-state index is 13.9. The van der Waals surface area contributed by atoms with E-state index in [-0.39, 0.29) is 5.82 Å². The third-order valence-electron chi connectivity index (χ3n) is 2.91. The molecule has 0 aliphatic heterocycles. The molecule has 0 amide bonds. The van der Waals surface area contributed by atoms with Crippen LogP contribution in [0.25, 0.3) is 0 Å². The van der Waals surface area contributed by atoms with Gasteiger partial charge in [-0.2, -0.15) is 5.10 Å². The van der Waals surface area contributed by atoms with Crippen LogP contribution in [-0.2, 0) is 6.54 Å². The second kappa shape index (κ2) is 5.18. The van der Waals surface area contributed by atoms with E-state index in [0.29, 0.717) is 17.9 Å². The summed E-state index contributed by atoms with van der Waals surface area (Å²) in [4.78, 5) is 0. The largest absolute Gasteiger partial charge is 0.496 e. The number of methoxy groups -OCH3 is 1. The topological polar surface area (TPSA) is 53.1 Å². The lowest BCUT2D eigenvalue weighted by atomic mass is 10.0. The van der Waals surface area contributed by atoms with Crippen LogP contribution in [0, 0.1) is 5.82 Å². The lowest BCUT2D eigenvalue weighted by molar-refractivity contribution is 0.400. The number of nitrogens with zero attached hydrogens (tertiary/aromatic N) is 2. The van der Waals surface area contributed by atoms with Crippen molar-refractivity contribution in [1.29, 1.82) is 0 Å². The van der Waals surface area contributed by atoms with E-state index < -0.39 is 6.04 Å². The van der Waals surface area contributed by atoms with Gasteiger partial charge in [0.1, 0.15) is 11.6 Å². The SMILES string of the molecule is CCn1nccc1C(N)c1c(F)cccc1OC. The first-order valence-corrected chi connectivity index (χ1v) is 5.78. The van der Waals surface area contributed by atoms with E-state index in [9.17, 15) is 4.39 Å². The highest BCUT2D eigenvalue weighted by Gasteiger charge is 2.21. The number of benzene rings is 1. The van der Waals surface area contributed by atoms with Gasteiger partial charge in [0.25, 0.3) is 0 Å². The first kappa shape index (κ1) is 12.6. The molecule has 0 aliphatic rings. The normalized spacial score (nSPS) is 12.4. The molecule has 1 heterocycles. The first-order valence-electron chi connectivity index (χ1n) is 5.78. The molecule has 0 radical (unpaired) electrons. The Morgan fingerprint density at radius 3 is 2.89 bits per heavy atom. The Hall–Kier alpha value is -1.88. The molecule has 1 aromatic carbocycles. The molecule has 96 valence electrons. The molecule has 0 fully saturated rings. The molecule has 2 aromatic rings. The second-order valence-electron chi connectivity index (χ2n) is 3.91. The van der Waals surface area contributed by atoms with Crippen LogP contribution in [0.3, 0.4) is 0 Å². The molecule has 1 aromatic heterocycles. The van der Waals surface area contributed by atoms with Gasteiger partial charge in [-0.25, -0.2) is 4.39 Å². The average Bonchev–Trinajstić information content (AvgIpc) is 2.85. The van der Waals surface area contributed by atoms with Crippen molar-refractivity contribution in [2.75, 3.05) is 7.11 Å². The van der Waals surface area contributed by atoms with E-state index in [1.165, 1.54) is 13.2 Å². The van der Waals surface area contributed by atoms with E-state index in [0.717, 1.165) is 5.69 Å². The van der Waals surface area contributed by atoms with Crippen LogP contribution in [0.15, 0.2) is 30.5 Å². The highest BCUT2D eigenvalue weighted by molar-refractivity contribution is 5.40. The van der Waals surface area contributed by atoms with Crippen LogP contribution in [0.5, 0.6) is 5.75 Å². The summed E-state index contributed by atoms with van der Waals surface area (Å²) < 4.78 is 20.8. The van der Waals surface area contributed by atoms with Crippen molar-refractivity contribution in [3.63, 3.8) is 0 Å². The summed E-state index contributed by atoms with van der Waals surface area (Å²) in [7, 11) is 1.50. The number of hydrogen-bond acceptors (Lipinski definition) is 3. The Bertz CT molecular complexity index is 539. The van der Waals surface area contributed by atoms with Gasteiger partial charge in [0.2, 0.25) is 0 Å². The summed E-state index contributed by atoms with van der Waals surface area (Å²) in [5.41, 5.74) is 7.25. The maximum absolute atomic E-state index is 13.9. The third kappa shape index (κ3) is 2.09. The Morgan fingerprint density at radius 1 is 1.44 bits per heavy atom. The van der Waals surface area contributed by atoms with Gasteiger partial charge < -0.3 is 10.5 Å². The molecule has 1 unspecified atom stereocenters. The Balaban J connectivity index is 2.49. The van der Waals surface area contributed by atoms with E-state index in [1.54, 1.807) is 29.1 Å². The van der Waals surface area contributed by atoms with Crippen LogP contribution >= 0.6 is 0 Å². The number of aromatic nitrogens is 2. The van der Waals surface area contributed by atoms with Crippen LogP contribution in [-0.4, -0.2) is 16.9 Å². The fraction of sp³-hybridized carbons (Fsp3) is 0.308. The summed E-state index contributed by atoms with van der Waals surface area (Å²) in [6, 6.07) is 5.88. The van der Waals surface area contributed by atoms with Crippen molar-refractivity contribution in [3.8, 4) is 5.75 Å². The molecule has 5 heteroatoms. The van der Waals surface area contributed by atoms with E-state index in [2.05, 4.69) is 5.10 Å².